The van der Waals surface area contributed by atoms with E-state index < -0.39 is 0 Å². The molecule has 0 saturated carbocycles. The molecular weight excluding hydrogens is 194 g/mol. The first kappa shape index (κ1) is 16.0. The summed E-state index contributed by atoms with van der Waals surface area (Å²) in [6, 6.07) is 1.33. The first-order valence-corrected chi connectivity index (χ1v) is 6.64. The molecule has 0 aromatic carbocycles. The topological polar surface area (TPSA) is 3.24 Å². The molecule has 16 heavy (non-hydrogen) atoms. The Morgan fingerprint density at radius 1 is 0.750 bits per heavy atom. The zero-order valence-electron chi connectivity index (χ0n) is 13.0. The van der Waals surface area contributed by atoms with E-state index >= 15 is 0 Å². The Bertz CT molecular complexity index is 172. The van der Waals surface area contributed by atoms with Crippen LogP contribution in [0.25, 0.3) is 0 Å². The molecule has 0 radical (unpaired) electrons. The minimum atomic E-state index is 0.426. The first-order chi connectivity index (χ1) is 6.92. The maximum atomic E-state index is 2.54. The van der Waals surface area contributed by atoms with Gasteiger partial charge >= 0.3 is 0 Å². The maximum Gasteiger partial charge on any atom is 0.00716 e. The van der Waals surface area contributed by atoms with E-state index in [1.54, 1.807) is 0 Å². The Morgan fingerprint density at radius 2 is 1.00 bits per heavy atom. The van der Waals surface area contributed by atoms with Gasteiger partial charge in [0.25, 0.3) is 0 Å². The van der Waals surface area contributed by atoms with Crippen molar-refractivity contribution >= 4 is 0 Å². The molecule has 0 spiro atoms. The van der Waals surface area contributed by atoms with Crippen LogP contribution in [0.3, 0.4) is 0 Å². The fourth-order valence-electron chi connectivity index (χ4n) is 2.49. The van der Waals surface area contributed by atoms with Crippen molar-refractivity contribution in [2.75, 3.05) is 7.05 Å². The summed E-state index contributed by atoms with van der Waals surface area (Å²) in [5.74, 6) is 0. The van der Waals surface area contributed by atoms with Crippen molar-refractivity contribution in [3.63, 3.8) is 0 Å². The summed E-state index contributed by atoms with van der Waals surface area (Å²) in [4.78, 5) is 2.54. The summed E-state index contributed by atoms with van der Waals surface area (Å²) in [6.07, 6.45) is 2.52. The van der Waals surface area contributed by atoms with Crippen LogP contribution < -0.4 is 0 Å². The predicted octanol–water partition coefficient (Wildman–Crippen LogP) is 4.57. The fraction of sp³-hybridized carbons (Fsp3) is 1.00. The molecule has 2 unspecified atom stereocenters. The number of hydrogen-bond donors (Lipinski definition) is 0. The molecule has 0 aromatic rings. The largest absolute Gasteiger partial charge is 0.301 e. The average Bonchev–Trinajstić information content (AvgIpc) is 1.96. The average molecular weight is 227 g/mol. The lowest BCUT2D eigenvalue weighted by atomic mass is 9.85. The second kappa shape index (κ2) is 5.53. The Kier molecular flexibility index (Phi) is 5.52. The zero-order valence-corrected chi connectivity index (χ0v) is 13.0. The summed E-state index contributed by atoms with van der Waals surface area (Å²) >= 11 is 0. The van der Waals surface area contributed by atoms with Crippen LogP contribution in [-0.4, -0.2) is 24.0 Å². The molecule has 0 aliphatic carbocycles. The molecule has 0 bridgehead atoms. The fourth-order valence-corrected chi connectivity index (χ4v) is 2.49. The molecule has 0 rings (SSSR count). The van der Waals surface area contributed by atoms with Gasteiger partial charge in [0.1, 0.15) is 0 Å². The summed E-state index contributed by atoms with van der Waals surface area (Å²) in [7, 11) is 2.27. The molecule has 0 aliphatic heterocycles. The third-order valence-corrected chi connectivity index (χ3v) is 3.21. The standard InChI is InChI=1S/C15H33N/c1-12(10-14(3,4)5)16(9)13(2)11-15(6,7)8/h12-13H,10-11H2,1-9H3. The van der Waals surface area contributed by atoms with Gasteiger partial charge < -0.3 is 4.90 Å². The van der Waals surface area contributed by atoms with Gasteiger partial charge in [0.05, 0.1) is 0 Å². The van der Waals surface area contributed by atoms with Crippen LogP contribution in [-0.2, 0) is 0 Å². The highest BCUT2D eigenvalue weighted by Gasteiger charge is 2.24. The van der Waals surface area contributed by atoms with E-state index in [0.29, 0.717) is 22.9 Å². The van der Waals surface area contributed by atoms with Crippen LogP contribution in [0, 0.1) is 10.8 Å². The normalized spacial score (nSPS) is 17.6. The predicted molar refractivity (Wildman–Crippen MR) is 74.8 cm³/mol. The van der Waals surface area contributed by atoms with E-state index in [0.717, 1.165) is 0 Å². The van der Waals surface area contributed by atoms with Crippen LogP contribution >= 0.6 is 0 Å². The molecule has 0 heterocycles. The minimum absolute atomic E-state index is 0.426. The van der Waals surface area contributed by atoms with Gasteiger partial charge in [-0.2, -0.15) is 0 Å². The van der Waals surface area contributed by atoms with Gasteiger partial charge in [0, 0.05) is 12.1 Å². The van der Waals surface area contributed by atoms with Gasteiger partial charge in [-0.25, -0.2) is 0 Å². The lowest BCUT2D eigenvalue weighted by molar-refractivity contribution is 0.122. The second-order valence-electron chi connectivity index (χ2n) is 7.89. The van der Waals surface area contributed by atoms with Crippen molar-refractivity contribution in [1.82, 2.24) is 4.90 Å². The van der Waals surface area contributed by atoms with Gasteiger partial charge in [-0.15, -0.1) is 0 Å². The second-order valence-corrected chi connectivity index (χ2v) is 7.89. The van der Waals surface area contributed by atoms with Gasteiger partial charge in [-0.1, -0.05) is 41.5 Å². The maximum absolute atomic E-state index is 2.54. The van der Waals surface area contributed by atoms with E-state index in [2.05, 4.69) is 67.3 Å². The molecular formula is C15H33N. The third-order valence-electron chi connectivity index (χ3n) is 3.21. The first-order valence-electron chi connectivity index (χ1n) is 6.64. The van der Waals surface area contributed by atoms with Crippen molar-refractivity contribution < 1.29 is 0 Å². The highest BCUT2D eigenvalue weighted by molar-refractivity contribution is 4.78. The van der Waals surface area contributed by atoms with E-state index in [4.69, 9.17) is 0 Å². The summed E-state index contributed by atoms with van der Waals surface area (Å²) in [6.45, 7) is 18.7. The molecule has 1 nitrogen and oxygen atoms in total. The molecule has 0 fully saturated rings. The quantitative estimate of drug-likeness (QED) is 0.680. The van der Waals surface area contributed by atoms with Gasteiger partial charge in [0.15, 0.2) is 0 Å². The Balaban J connectivity index is 4.27. The molecule has 0 amide bonds. The Labute approximate surface area is 104 Å². The summed E-state index contributed by atoms with van der Waals surface area (Å²) in [5, 5.41) is 0. The van der Waals surface area contributed by atoms with Crippen LogP contribution in [0.4, 0.5) is 0 Å². The van der Waals surface area contributed by atoms with Crippen molar-refractivity contribution in [1.29, 1.82) is 0 Å². The molecule has 2 atom stereocenters. The van der Waals surface area contributed by atoms with Crippen LogP contribution in [0.15, 0.2) is 0 Å². The number of rotatable bonds is 4. The molecule has 0 aliphatic rings. The van der Waals surface area contributed by atoms with Gasteiger partial charge in [-0.05, 0) is 44.6 Å². The molecule has 98 valence electrons. The van der Waals surface area contributed by atoms with Gasteiger partial charge in [0.2, 0.25) is 0 Å². The smallest absolute Gasteiger partial charge is 0.00716 e. The van der Waals surface area contributed by atoms with E-state index in [-0.39, 0.29) is 0 Å². The van der Waals surface area contributed by atoms with E-state index in [1.807, 2.05) is 0 Å². The van der Waals surface area contributed by atoms with Crippen LogP contribution in [0.5, 0.6) is 0 Å². The summed E-state index contributed by atoms with van der Waals surface area (Å²) < 4.78 is 0. The summed E-state index contributed by atoms with van der Waals surface area (Å²) in [5.41, 5.74) is 0.851. The molecule has 1 heteroatoms. The monoisotopic (exact) mass is 227 g/mol. The molecule has 0 N–H and O–H groups in total. The van der Waals surface area contributed by atoms with Crippen molar-refractivity contribution in [3.8, 4) is 0 Å². The minimum Gasteiger partial charge on any atom is -0.301 e. The van der Waals surface area contributed by atoms with E-state index in [9.17, 15) is 0 Å². The van der Waals surface area contributed by atoms with Crippen molar-refractivity contribution in [2.24, 2.45) is 10.8 Å². The van der Waals surface area contributed by atoms with Crippen molar-refractivity contribution in [2.45, 2.75) is 80.3 Å². The SMILES string of the molecule is CC(CC(C)(C)C)N(C)C(C)CC(C)(C)C. The Morgan fingerprint density at radius 3 is 1.19 bits per heavy atom. The van der Waals surface area contributed by atoms with E-state index in [1.165, 1.54) is 12.8 Å². The number of hydrogen-bond acceptors (Lipinski definition) is 1. The number of nitrogens with zero attached hydrogens (tertiary/aromatic N) is 1. The lowest BCUT2D eigenvalue weighted by Gasteiger charge is -2.37. The molecule has 0 aromatic heterocycles. The van der Waals surface area contributed by atoms with Gasteiger partial charge in [-0.3, -0.25) is 0 Å². The van der Waals surface area contributed by atoms with Crippen LogP contribution in [0.1, 0.15) is 68.2 Å². The Hall–Kier alpha value is -0.0400. The van der Waals surface area contributed by atoms with Crippen molar-refractivity contribution in [3.05, 3.63) is 0 Å². The highest BCUT2D eigenvalue weighted by Crippen LogP contribution is 2.27. The third kappa shape index (κ3) is 7.27. The molecule has 0 saturated heterocycles. The van der Waals surface area contributed by atoms with Crippen LogP contribution in [0.2, 0.25) is 0 Å². The lowest BCUT2D eigenvalue weighted by Crippen LogP contribution is -2.40. The zero-order chi connectivity index (χ0) is 13.1. The highest BCUT2D eigenvalue weighted by atomic mass is 15.1.